The fraction of sp³-hybridized carbons (Fsp3) is 0.515. The first-order chi connectivity index (χ1) is 20.8. The normalized spacial score (nSPS) is 31.2. The predicted molar refractivity (Wildman–Crippen MR) is 163 cm³/mol. The number of ether oxygens (including phenoxy) is 2. The maximum Gasteiger partial charge on any atom is 0.315 e. The first kappa shape index (κ1) is 29.1. The molecule has 3 N–H and O–H groups in total. The van der Waals surface area contributed by atoms with Gasteiger partial charge in [0.2, 0.25) is 0 Å². The van der Waals surface area contributed by atoms with Crippen molar-refractivity contribution in [1.82, 2.24) is 20.2 Å². The van der Waals surface area contributed by atoms with E-state index in [4.69, 9.17) is 32.7 Å². The van der Waals surface area contributed by atoms with E-state index in [1.54, 1.807) is 10.9 Å². The SMILES string of the molecule is O=C(NCc1ccc([C@@H]2O[C@H](Cn3cnc(Cl)c3Cl)C[C@H](c3ccc(CO)cc3)O2)cc1)NC12CC3CC(CC(C3)C1)C2. The molecule has 1 aliphatic heterocycles. The Labute approximate surface area is 262 Å². The van der Waals surface area contributed by atoms with Gasteiger partial charge in [-0.3, -0.25) is 0 Å². The smallest absolute Gasteiger partial charge is 0.315 e. The second-order valence-electron chi connectivity index (χ2n) is 13.1. The summed E-state index contributed by atoms with van der Waals surface area (Å²) in [6, 6.07) is 15.7. The number of aromatic nitrogens is 2. The second kappa shape index (κ2) is 12.1. The number of carbonyl (C=O) groups excluding carboxylic acids is 1. The van der Waals surface area contributed by atoms with E-state index in [0.29, 0.717) is 24.7 Å². The molecule has 0 spiro atoms. The number of imidazole rings is 1. The minimum Gasteiger partial charge on any atom is -0.392 e. The van der Waals surface area contributed by atoms with Crippen LogP contribution < -0.4 is 10.6 Å². The zero-order valence-electron chi connectivity index (χ0n) is 24.1. The first-order valence-electron chi connectivity index (χ1n) is 15.4. The van der Waals surface area contributed by atoms with Gasteiger partial charge in [0.1, 0.15) is 5.15 Å². The third-order valence-corrected chi connectivity index (χ3v) is 10.6. The van der Waals surface area contributed by atoms with Gasteiger partial charge >= 0.3 is 6.03 Å². The van der Waals surface area contributed by atoms with Gasteiger partial charge in [-0.05, 0) is 73.0 Å². The maximum absolute atomic E-state index is 12.9. The van der Waals surface area contributed by atoms with E-state index in [1.165, 1.54) is 19.3 Å². The summed E-state index contributed by atoms with van der Waals surface area (Å²) in [6.45, 7) is 0.920. The average Bonchev–Trinajstić information content (AvgIpc) is 3.31. The van der Waals surface area contributed by atoms with Gasteiger partial charge in [-0.15, -0.1) is 0 Å². The Morgan fingerprint density at radius 3 is 2.14 bits per heavy atom. The van der Waals surface area contributed by atoms with Crippen molar-refractivity contribution in [2.75, 3.05) is 0 Å². The number of aliphatic hydroxyl groups excluding tert-OH is 1. The van der Waals surface area contributed by atoms with E-state index in [-0.39, 0.29) is 35.5 Å². The van der Waals surface area contributed by atoms with E-state index >= 15 is 0 Å². The Morgan fingerprint density at radius 2 is 1.53 bits per heavy atom. The standard InChI is InChI=1S/C33H38Cl2N4O4/c34-29-30(35)39(19-37-29)17-27-12-28(25-5-3-21(18-40)4-6-25)43-31(42-27)26-7-1-20(2-8-26)16-36-32(41)38-33-13-22-9-23(14-33)11-24(10-22)15-33/h1-8,19,22-24,27-28,31,40H,9-18H2,(H2,36,38,41)/t22?,23?,24?,27-,28+,31+,33?/m0/s1. The van der Waals surface area contributed by atoms with Crippen molar-refractivity contribution in [2.45, 2.75) is 88.7 Å². The highest BCUT2D eigenvalue weighted by atomic mass is 35.5. The number of hydrogen-bond acceptors (Lipinski definition) is 5. The number of urea groups is 1. The first-order valence-corrected chi connectivity index (χ1v) is 16.1. The Balaban J connectivity index is 1.00. The van der Waals surface area contributed by atoms with E-state index in [0.717, 1.165) is 59.3 Å². The Kier molecular flexibility index (Phi) is 8.16. The Hall–Kier alpha value is -2.62. The molecule has 4 aliphatic carbocycles. The highest BCUT2D eigenvalue weighted by molar-refractivity contribution is 6.40. The van der Waals surface area contributed by atoms with Crippen molar-refractivity contribution in [3.63, 3.8) is 0 Å². The van der Waals surface area contributed by atoms with E-state index in [9.17, 15) is 9.90 Å². The number of nitrogens with one attached hydrogen (secondary N) is 2. The van der Waals surface area contributed by atoms with E-state index < -0.39 is 6.29 Å². The van der Waals surface area contributed by atoms with Crippen molar-refractivity contribution in [1.29, 1.82) is 0 Å². The summed E-state index contributed by atoms with van der Waals surface area (Å²) in [5.74, 6) is 2.37. The molecule has 0 unspecified atom stereocenters. The highest BCUT2D eigenvalue weighted by Gasteiger charge is 2.51. The molecule has 3 aromatic rings. The number of hydrogen-bond donors (Lipinski definition) is 3. The van der Waals surface area contributed by atoms with Gasteiger partial charge in [0.15, 0.2) is 11.4 Å². The van der Waals surface area contributed by atoms with Crippen LogP contribution in [0.25, 0.3) is 0 Å². The van der Waals surface area contributed by atoms with Crippen molar-refractivity contribution >= 4 is 29.2 Å². The fourth-order valence-electron chi connectivity index (χ4n) is 8.25. The van der Waals surface area contributed by atoms with Crippen LogP contribution in [-0.2, 0) is 29.2 Å². The van der Waals surface area contributed by atoms with E-state index in [2.05, 4.69) is 15.6 Å². The third kappa shape index (κ3) is 6.31. The van der Waals surface area contributed by atoms with Gasteiger partial charge in [-0.2, -0.15) is 0 Å². The van der Waals surface area contributed by atoms with Gasteiger partial charge in [0, 0.05) is 24.1 Å². The Bertz CT molecular complexity index is 1410. The van der Waals surface area contributed by atoms with Crippen LogP contribution in [0.4, 0.5) is 4.79 Å². The van der Waals surface area contributed by atoms with Crippen molar-refractivity contribution < 1.29 is 19.4 Å². The number of carbonyl (C=O) groups is 1. The van der Waals surface area contributed by atoms with Gasteiger partial charge < -0.3 is 29.8 Å². The molecule has 5 fully saturated rings. The summed E-state index contributed by atoms with van der Waals surface area (Å²) >= 11 is 12.4. The number of rotatable bonds is 8. The molecule has 43 heavy (non-hydrogen) atoms. The molecular formula is C33H38Cl2N4O4. The molecule has 4 bridgehead atoms. The van der Waals surface area contributed by atoms with Crippen LogP contribution in [0, 0.1) is 17.8 Å². The molecular weight excluding hydrogens is 587 g/mol. The zero-order chi connectivity index (χ0) is 29.6. The third-order valence-electron chi connectivity index (χ3n) is 9.87. The van der Waals surface area contributed by atoms with Crippen LogP contribution in [0.15, 0.2) is 54.9 Å². The lowest BCUT2D eigenvalue weighted by Gasteiger charge is -2.56. The van der Waals surface area contributed by atoms with Crippen LogP contribution in [0.1, 0.15) is 79.6 Å². The molecule has 2 aromatic carbocycles. The number of amides is 2. The summed E-state index contributed by atoms with van der Waals surface area (Å²) in [7, 11) is 0. The van der Waals surface area contributed by atoms with Crippen molar-refractivity contribution in [2.24, 2.45) is 17.8 Å². The van der Waals surface area contributed by atoms with Crippen molar-refractivity contribution in [3.8, 4) is 0 Å². The van der Waals surface area contributed by atoms with Gasteiger partial charge in [-0.25, -0.2) is 9.78 Å². The number of halogens is 2. The second-order valence-corrected chi connectivity index (χ2v) is 13.8. The average molecular weight is 626 g/mol. The summed E-state index contributed by atoms with van der Waals surface area (Å²) < 4.78 is 14.7. The fourth-order valence-corrected chi connectivity index (χ4v) is 8.56. The number of aliphatic hydroxyl groups is 1. The van der Waals surface area contributed by atoms with Crippen LogP contribution in [0.2, 0.25) is 10.3 Å². The summed E-state index contributed by atoms with van der Waals surface area (Å²) in [4.78, 5) is 17.0. The van der Waals surface area contributed by atoms with Crippen LogP contribution in [-0.4, -0.2) is 32.3 Å². The molecule has 8 rings (SSSR count). The van der Waals surface area contributed by atoms with E-state index in [1.807, 2.05) is 48.5 Å². The molecule has 1 aromatic heterocycles. The largest absolute Gasteiger partial charge is 0.392 e. The molecule has 5 aliphatic rings. The molecule has 3 atom stereocenters. The minimum absolute atomic E-state index is 0.00385. The molecule has 0 radical (unpaired) electrons. The monoisotopic (exact) mass is 624 g/mol. The van der Waals surface area contributed by atoms with Gasteiger partial charge in [-0.1, -0.05) is 71.7 Å². The molecule has 4 saturated carbocycles. The van der Waals surface area contributed by atoms with Gasteiger partial charge in [0.05, 0.1) is 31.7 Å². The topological polar surface area (TPSA) is 97.6 Å². The predicted octanol–water partition coefficient (Wildman–Crippen LogP) is 6.70. The maximum atomic E-state index is 12.9. The summed E-state index contributed by atoms with van der Waals surface area (Å²) in [5.41, 5.74) is 3.75. The summed E-state index contributed by atoms with van der Waals surface area (Å²) in [6.07, 6.45) is 8.67. The highest BCUT2D eigenvalue weighted by Crippen LogP contribution is 2.55. The van der Waals surface area contributed by atoms with Crippen LogP contribution in [0.5, 0.6) is 0 Å². The van der Waals surface area contributed by atoms with Crippen LogP contribution >= 0.6 is 23.2 Å². The van der Waals surface area contributed by atoms with Crippen molar-refractivity contribution in [3.05, 3.63) is 87.4 Å². The zero-order valence-corrected chi connectivity index (χ0v) is 25.6. The van der Waals surface area contributed by atoms with Gasteiger partial charge in [0.25, 0.3) is 0 Å². The van der Waals surface area contributed by atoms with Crippen LogP contribution in [0.3, 0.4) is 0 Å². The quantitative estimate of drug-likeness (QED) is 0.259. The molecule has 10 heteroatoms. The Morgan fingerprint density at radius 1 is 0.907 bits per heavy atom. The lowest BCUT2D eigenvalue weighted by molar-refractivity contribution is -0.252. The molecule has 228 valence electrons. The lowest BCUT2D eigenvalue weighted by atomic mass is 9.53. The molecule has 2 amide bonds. The lowest BCUT2D eigenvalue weighted by Crippen LogP contribution is -2.61. The number of nitrogens with zero attached hydrogens (tertiary/aromatic N) is 2. The minimum atomic E-state index is -0.597. The molecule has 2 heterocycles. The molecule has 1 saturated heterocycles. The number of benzene rings is 2. The summed E-state index contributed by atoms with van der Waals surface area (Å²) in [5, 5.41) is 16.6. The molecule has 8 nitrogen and oxygen atoms in total.